The molecule has 0 unspecified atom stereocenters. The van der Waals surface area contributed by atoms with E-state index in [0.29, 0.717) is 19.1 Å². The minimum absolute atomic E-state index is 0.511. The van der Waals surface area contributed by atoms with Crippen LogP contribution in [-0.4, -0.2) is 18.5 Å². The van der Waals surface area contributed by atoms with Crippen molar-refractivity contribution in [1.29, 1.82) is 0 Å². The van der Waals surface area contributed by atoms with Gasteiger partial charge in [0.05, 0.1) is 13.2 Å². The molecule has 0 radical (unpaired) electrons. The number of rotatable bonds is 5. The van der Waals surface area contributed by atoms with Gasteiger partial charge in [-0.2, -0.15) is 0 Å². The van der Waals surface area contributed by atoms with Gasteiger partial charge in [0.1, 0.15) is 0 Å². The van der Waals surface area contributed by atoms with E-state index in [2.05, 4.69) is 54.0 Å². The average molecular weight is 313 g/mol. The summed E-state index contributed by atoms with van der Waals surface area (Å²) in [6, 6.07) is 8.66. The Morgan fingerprint density at radius 1 is 1.17 bits per heavy atom. The van der Waals surface area contributed by atoms with Crippen molar-refractivity contribution >= 4 is 15.9 Å². The molecule has 0 saturated carbocycles. The zero-order chi connectivity index (χ0) is 13.0. The van der Waals surface area contributed by atoms with Gasteiger partial charge in [0.2, 0.25) is 0 Å². The normalized spacial score (nSPS) is 18.4. The second-order valence-corrected chi connectivity index (χ2v) is 5.81. The van der Waals surface area contributed by atoms with E-state index in [1.54, 1.807) is 0 Å². The van der Waals surface area contributed by atoms with Crippen molar-refractivity contribution < 1.29 is 9.47 Å². The summed E-state index contributed by atoms with van der Waals surface area (Å²) in [6.45, 7) is 5.79. The molecule has 1 heterocycles. The lowest BCUT2D eigenvalue weighted by Gasteiger charge is -2.28. The van der Waals surface area contributed by atoms with Crippen molar-refractivity contribution in [2.75, 3.05) is 18.5 Å². The molecule has 18 heavy (non-hydrogen) atoms. The van der Waals surface area contributed by atoms with Crippen LogP contribution in [0.25, 0.3) is 0 Å². The third-order valence-electron chi connectivity index (χ3n) is 3.41. The second-order valence-electron chi connectivity index (χ2n) is 5.02. The van der Waals surface area contributed by atoms with Gasteiger partial charge >= 0.3 is 0 Å². The molecule has 2 rings (SSSR count). The number of benzene rings is 1. The van der Waals surface area contributed by atoms with Crippen LogP contribution in [0.5, 0.6) is 0 Å². The Hall–Kier alpha value is -0.380. The summed E-state index contributed by atoms with van der Waals surface area (Å²) in [5.41, 5.74) is 2.50. The van der Waals surface area contributed by atoms with Crippen molar-refractivity contribution in [3.05, 3.63) is 35.4 Å². The number of hydrogen-bond acceptors (Lipinski definition) is 2. The van der Waals surface area contributed by atoms with E-state index in [1.165, 1.54) is 5.56 Å². The Labute approximate surface area is 118 Å². The molecule has 3 heteroatoms. The van der Waals surface area contributed by atoms with Crippen LogP contribution in [0, 0.1) is 0 Å². The maximum Gasteiger partial charge on any atom is 0.195 e. The maximum absolute atomic E-state index is 5.89. The van der Waals surface area contributed by atoms with E-state index in [0.717, 1.165) is 23.7 Å². The lowest BCUT2D eigenvalue weighted by atomic mass is 9.96. The lowest BCUT2D eigenvalue weighted by molar-refractivity contribution is -0.170. The summed E-state index contributed by atoms with van der Waals surface area (Å²) in [6.07, 6.45) is 1.95. The highest BCUT2D eigenvalue weighted by Crippen LogP contribution is 2.36. The molecule has 0 atom stereocenters. The zero-order valence-electron chi connectivity index (χ0n) is 11.1. The molecule has 1 aromatic rings. The Kier molecular flexibility index (Phi) is 4.82. The van der Waals surface area contributed by atoms with Gasteiger partial charge in [-0.25, -0.2) is 0 Å². The second kappa shape index (κ2) is 6.18. The minimum Gasteiger partial charge on any atom is -0.343 e. The number of halogens is 1. The third kappa shape index (κ3) is 2.95. The molecule has 1 aliphatic heterocycles. The molecule has 100 valence electrons. The van der Waals surface area contributed by atoms with Gasteiger partial charge in [-0.15, -0.1) is 0 Å². The molecular formula is C15H21BrO2. The van der Waals surface area contributed by atoms with Crippen molar-refractivity contribution in [3.63, 3.8) is 0 Å². The zero-order valence-corrected chi connectivity index (χ0v) is 12.7. The summed E-state index contributed by atoms with van der Waals surface area (Å²) in [7, 11) is 0. The van der Waals surface area contributed by atoms with Crippen LogP contribution >= 0.6 is 15.9 Å². The van der Waals surface area contributed by atoms with Crippen LogP contribution in [0.1, 0.15) is 43.7 Å². The monoisotopic (exact) mass is 312 g/mol. The fraction of sp³-hybridized carbons (Fsp3) is 0.600. The Morgan fingerprint density at radius 3 is 2.28 bits per heavy atom. The number of ether oxygens (including phenoxy) is 2. The average Bonchev–Trinajstić information content (AvgIpc) is 2.86. The molecule has 1 aliphatic rings. The van der Waals surface area contributed by atoms with Crippen molar-refractivity contribution in [2.45, 2.75) is 38.4 Å². The van der Waals surface area contributed by atoms with Crippen LogP contribution in [0.15, 0.2) is 24.3 Å². The fourth-order valence-electron chi connectivity index (χ4n) is 2.33. The number of hydrogen-bond donors (Lipinski definition) is 0. The fourth-order valence-corrected chi connectivity index (χ4v) is 2.61. The predicted molar refractivity (Wildman–Crippen MR) is 77.1 cm³/mol. The van der Waals surface area contributed by atoms with Crippen LogP contribution in [-0.2, 0) is 15.3 Å². The molecule has 0 bridgehead atoms. The Morgan fingerprint density at radius 2 is 1.78 bits per heavy atom. The van der Waals surface area contributed by atoms with Gasteiger partial charge in [-0.05, 0) is 17.9 Å². The van der Waals surface area contributed by atoms with Crippen molar-refractivity contribution in [2.24, 2.45) is 0 Å². The first kappa shape index (κ1) is 14.0. The maximum atomic E-state index is 5.89. The first-order valence-electron chi connectivity index (χ1n) is 6.62. The SMILES string of the molecule is CC(C)c1ccc(C2(CCCBr)OCCO2)cc1. The van der Waals surface area contributed by atoms with Gasteiger partial charge in [0.15, 0.2) is 5.79 Å². The number of alkyl halides is 1. The molecule has 0 amide bonds. The van der Waals surface area contributed by atoms with Gasteiger partial charge in [-0.1, -0.05) is 54.0 Å². The lowest BCUT2D eigenvalue weighted by Crippen LogP contribution is -2.27. The van der Waals surface area contributed by atoms with E-state index in [1.807, 2.05) is 0 Å². The molecule has 0 aromatic heterocycles. The highest BCUT2D eigenvalue weighted by molar-refractivity contribution is 9.09. The van der Waals surface area contributed by atoms with E-state index >= 15 is 0 Å². The quantitative estimate of drug-likeness (QED) is 0.759. The van der Waals surface area contributed by atoms with E-state index < -0.39 is 5.79 Å². The molecule has 1 saturated heterocycles. The largest absolute Gasteiger partial charge is 0.343 e. The van der Waals surface area contributed by atoms with E-state index in [9.17, 15) is 0 Å². The first-order chi connectivity index (χ1) is 8.68. The molecule has 0 spiro atoms. The van der Waals surface area contributed by atoms with Crippen LogP contribution in [0.4, 0.5) is 0 Å². The van der Waals surface area contributed by atoms with E-state index in [4.69, 9.17) is 9.47 Å². The van der Waals surface area contributed by atoms with Crippen LogP contribution in [0.3, 0.4) is 0 Å². The molecule has 0 N–H and O–H groups in total. The van der Waals surface area contributed by atoms with Gasteiger partial charge in [-0.3, -0.25) is 0 Å². The molecule has 2 nitrogen and oxygen atoms in total. The summed E-state index contributed by atoms with van der Waals surface area (Å²) < 4.78 is 11.8. The molecular weight excluding hydrogens is 292 g/mol. The molecule has 1 fully saturated rings. The van der Waals surface area contributed by atoms with E-state index in [-0.39, 0.29) is 0 Å². The smallest absolute Gasteiger partial charge is 0.195 e. The standard InChI is InChI=1S/C15H21BrO2/c1-12(2)13-4-6-14(7-5-13)15(8-3-9-16)17-10-11-18-15/h4-7,12H,3,8-11H2,1-2H3. The summed E-state index contributed by atoms with van der Waals surface area (Å²) in [4.78, 5) is 0. The molecule has 0 aliphatic carbocycles. The van der Waals surface area contributed by atoms with Gasteiger partial charge in [0, 0.05) is 17.3 Å². The summed E-state index contributed by atoms with van der Waals surface area (Å²) in [5, 5.41) is 0.978. The summed E-state index contributed by atoms with van der Waals surface area (Å²) in [5.74, 6) is 0.0477. The summed E-state index contributed by atoms with van der Waals surface area (Å²) >= 11 is 3.47. The Bertz CT molecular complexity index is 367. The van der Waals surface area contributed by atoms with Crippen molar-refractivity contribution in [1.82, 2.24) is 0 Å². The van der Waals surface area contributed by atoms with Crippen molar-refractivity contribution in [3.8, 4) is 0 Å². The highest BCUT2D eigenvalue weighted by Gasteiger charge is 2.37. The van der Waals surface area contributed by atoms with Crippen LogP contribution < -0.4 is 0 Å². The Balaban J connectivity index is 2.20. The topological polar surface area (TPSA) is 18.5 Å². The molecule has 1 aromatic carbocycles. The highest BCUT2D eigenvalue weighted by atomic mass is 79.9. The minimum atomic E-state index is -0.511. The predicted octanol–water partition coefficient (Wildman–Crippen LogP) is 4.18. The first-order valence-corrected chi connectivity index (χ1v) is 7.74. The van der Waals surface area contributed by atoms with Gasteiger partial charge < -0.3 is 9.47 Å². The van der Waals surface area contributed by atoms with Gasteiger partial charge in [0.25, 0.3) is 0 Å². The third-order valence-corrected chi connectivity index (χ3v) is 3.97. The van der Waals surface area contributed by atoms with Crippen LogP contribution in [0.2, 0.25) is 0 Å².